The summed E-state index contributed by atoms with van der Waals surface area (Å²) in [5.41, 5.74) is -1.16. The number of carbonyl (C=O) groups is 1. The van der Waals surface area contributed by atoms with E-state index >= 15 is 0 Å². The van der Waals surface area contributed by atoms with Crippen molar-refractivity contribution in [3.63, 3.8) is 0 Å². The lowest BCUT2D eigenvalue weighted by atomic mass is 10.0. The third kappa shape index (κ3) is 4.75. The second-order valence-electron chi connectivity index (χ2n) is 6.71. The first-order valence-electron chi connectivity index (χ1n) is 7.46. The first-order valence-corrected chi connectivity index (χ1v) is 7.46. The van der Waals surface area contributed by atoms with Gasteiger partial charge in [0.1, 0.15) is 5.60 Å². The molecule has 1 aliphatic rings. The number of alkyl carbamates (subject to hydrolysis) is 1. The van der Waals surface area contributed by atoms with Crippen LogP contribution >= 0.6 is 0 Å². The molecule has 0 aliphatic carbocycles. The molecule has 128 valence electrons. The zero-order valence-corrected chi connectivity index (χ0v) is 13.9. The Hall–Kier alpha value is -1.96. The molecule has 1 aromatic heterocycles. The van der Waals surface area contributed by atoms with Gasteiger partial charge in [0.25, 0.3) is 0 Å². The fourth-order valence-corrected chi connectivity index (χ4v) is 2.56. The molecule has 1 fully saturated rings. The van der Waals surface area contributed by atoms with E-state index in [0.717, 1.165) is 12.4 Å². The van der Waals surface area contributed by atoms with Gasteiger partial charge < -0.3 is 19.7 Å². The van der Waals surface area contributed by atoms with Crippen molar-refractivity contribution in [2.45, 2.75) is 38.3 Å². The minimum atomic E-state index is -0.588. The topological polar surface area (TPSA) is 76.6 Å². The maximum absolute atomic E-state index is 12.9. The third-order valence-corrected chi connectivity index (χ3v) is 3.43. The van der Waals surface area contributed by atoms with Gasteiger partial charge in [-0.2, -0.15) is 0 Å². The number of aromatic nitrogens is 2. The number of carbonyl (C=O) groups excluding carboxylic acids is 1. The summed E-state index contributed by atoms with van der Waals surface area (Å²) in [6.07, 6.45) is 2.41. The largest absolute Gasteiger partial charge is 0.444 e. The summed E-state index contributed by atoms with van der Waals surface area (Å²) in [6, 6.07) is 0. The lowest BCUT2D eigenvalue weighted by molar-refractivity contribution is 0.0384. The van der Waals surface area contributed by atoms with Crippen molar-refractivity contribution in [1.29, 1.82) is 0 Å². The Morgan fingerprint density at radius 1 is 1.43 bits per heavy atom. The van der Waals surface area contributed by atoms with E-state index in [1.54, 1.807) is 7.11 Å². The summed E-state index contributed by atoms with van der Waals surface area (Å²) in [5.74, 6) is -0.0571. The molecule has 7 nitrogen and oxygen atoms in total. The Labute approximate surface area is 135 Å². The standard InChI is InChI=1S/C15H23FN4O3/c1-14(2,3)23-13(21)19-15(10-22-4)5-6-20(9-15)12-17-7-11(16)8-18-12/h7-8H,5-6,9-10H2,1-4H3,(H,19,21). The van der Waals surface area contributed by atoms with Crippen LogP contribution in [0, 0.1) is 5.82 Å². The molecule has 8 heteroatoms. The number of nitrogens with zero attached hydrogens (tertiary/aromatic N) is 3. The predicted molar refractivity (Wildman–Crippen MR) is 82.8 cm³/mol. The van der Waals surface area contributed by atoms with Crippen LogP contribution in [0.4, 0.5) is 15.1 Å². The average Bonchev–Trinajstić information content (AvgIpc) is 2.81. The highest BCUT2D eigenvalue weighted by Gasteiger charge is 2.41. The van der Waals surface area contributed by atoms with Gasteiger partial charge >= 0.3 is 6.09 Å². The van der Waals surface area contributed by atoms with Gasteiger partial charge in [0.2, 0.25) is 5.95 Å². The van der Waals surface area contributed by atoms with E-state index in [0.29, 0.717) is 32.1 Å². The van der Waals surface area contributed by atoms with Crippen LogP contribution in [0.1, 0.15) is 27.2 Å². The summed E-state index contributed by atoms with van der Waals surface area (Å²) < 4.78 is 23.5. The second-order valence-corrected chi connectivity index (χ2v) is 6.71. The van der Waals surface area contributed by atoms with Gasteiger partial charge in [-0.3, -0.25) is 0 Å². The fourth-order valence-electron chi connectivity index (χ4n) is 2.56. The van der Waals surface area contributed by atoms with Crippen molar-refractivity contribution in [2.75, 3.05) is 31.7 Å². The van der Waals surface area contributed by atoms with Gasteiger partial charge in [-0.15, -0.1) is 0 Å². The Bertz CT molecular complexity index is 547. The van der Waals surface area contributed by atoms with Gasteiger partial charge in [-0.1, -0.05) is 0 Å². The molecular formula is C15H23FN4O3. The fraction of sp³-hybridized carbons (Fsp3) is 0.667. The molecular weight excluding hydrogens is 303 g/mol. The zero-order chi connectivity index (χ0) is 17.1. The summed E-state index contributed by atoms with van der Waals surface area (Å²) in [5, 5.41) is 2.90. The molecule has 0 radical (unpaired) electrons. The molecule has 23 heavy (non-hydrogen) atoms. The van der Waals surface area contributed by atoms with Crippen molar-refractivity contribution in [1.82, 2.24) is 15.3 Å². The number of rotatable bonds is 4. The van der Waals surface area contributed by atoms with Crippen LogP contribution in [0.2, 0.25) is 0 Å². The number of anilines is 1. The second kappa shape index (κ2) is 6.66. The highest BCUT2D eigenvalue weighted by atomic mass is 19.1. The Morgan fingerprint density at radius 3 is 2.65 bits per heavy atom. The summed E-state index contributed by atoms with van der Waals surface area (Å²) in [7, 11) is 1.58. The van der Waals surface area contributed by atoms with E-state index < -0.39 is 23.1 Å². The van der Waals surface area contributed by atoms with Gasteiger partial charge in [-0.05, 0) is 27.2 Å². The van der Waals surface area contributed by atoms with Crippen molar-refractivity contribution in [2.24, 2.45) is 0 Å². The molecule has 0 bridgehead atoms. The van der Waals surface area contributed by atoms with E-state index in [-0.39, 0.29) is 0 Å². The lowest BCUT2D eigenvalue weighted by Gasteiger charge is -2.31. The first kappa shape index (κ1) is 17.4. The minimum absolute atomic E-state index is 0.337. The maximum Gasteiger partial charge on any atom is 0.408 e. The molecule has 1 N–H and O–H groups in total. The SMILES string of the molecule is COCC1(NC(=O)OC(C)(C)C)CCN(c2ncc(F)cn2)C1. The minimum Gasteiger partial charge on any atom is -0.444 e. The molecule has 1 amide bonds. The number of hydrogen-bond donors (Lipinski definition) is 1. The van der Waals surface area contributed by atoms with E-state index in [9.17, 15) is 9.18 Å². The summed E-state index contributed by atoms with van der Waals surface area (Å²) >= 11 is 0. The number of halogens is 1. The van der Waals surface area contributed by atoms with E-state index in [1.165, 1.54) is 0 Å². The molecule has 0 aromatic carbocycles. The zero-order valence-electron chi connectivity index (χ0n) is 13.9. The average molecular weight is 326 g/mol. The van der Waals surface area contributed by atoms with Crippen LogP contribution in [0.25, 0.3) is 0 Å². The van der Waals surface area contributed by atoms with Crippen molar-refractivity contribution in [3.05, 3.63) is 18.2 Å². The molecule has 1 aliphatic heterocycles. The number of hydrogen-bond acceptors (Lipinski definition) is 6. The van der Waals surface area contributed by atoms with Crippen LogP contribution in [0.15, 0.2) is 12.4 Å². The van der Waals surface area contributed by atoms with Crippen LogP contribution in [0.5, 0.6) is 0 Å². The van der Waals surface area contributed by atoms with Crippen LogP contribution in [-0.4, -0.2) is 54.0 Å². The van der Waals surface area contributed by atoms with Gasteiger partial charge in [0, 0.05) is 20.2 Å². The monoisotopic (exact) mass is 326 g/mol. The number of ether oxygens (including phenoxy) is 2. The van der Waals surface area contributed by atoms with Crippen LogP contribution in [-0.2, 0) is 9.47 Å². The lowest BCUT2D eigenvalue weighted by Crippen LogP contribution is -2.54. The Balaban J connectivity index is 2.07. The van der Waals surface area contributed by atoms with E-state index in [2.05, 4.69) is 15.3 Å². The molecule has 2 heterocycles. The van der Waals surface area contributed by atoms with Crippen molar-refractivity contribution < 1.29 is 18.7 Å². The normalized spacial score (nSPS) is 21.3. The maximum atomic E-state index is 12.9. The predicted octanol–water partition coefficient (Wildman–Crippen LogP) is 1.74. The summed E-state index contributed by atoms with van der Waals surface area (Å²) in [6.45, 7) is 6.86. The highest BCUT2D eigenvalue weighted by Crippen LogP contribution is 2.25. The molecule has 1 saturated heterocycles. The number of amides is 1. The van der Waals surface area contributed by atoms with Crippen molar-refractivity contribution >= 4 is 12.0 Å². The smallest absolute Gasteiger partial charge is 0.408 e. The highest BCUT2D eigenvalue weighted by molar-refractivity contribution is 5.69. The summed E-state index contributed by atoms with van der Waals surface area (Å²) in [4.78, 5) is 21.9. The quantitative estimate of drug-likeness (QED) is 0.908. The van der Waals surface area contributed by atoms with Gasteiger partial charge in [0.15, 0.2) is 5.82 Å². The van der Waals surface area contributed by atoms with Gasteiger partial charge in [-0.25, -0.2) is 19.2 Å². The van der Waals surface area contributed by atoms with E-state index in [4.69, 9.17) is 9.47 Å². The van der Waals surface area contributed by atoms with Crippen molar-refractivity contribution in [3.8, 4) is 0 Å². The molecule has 1 atom stereocenters. The van der Waals surface area contributed by atoms with E-state index in [1.807, 2.05) is 25.7 Å². The molecule has 2 rings (SSSR count). The number of methoxy groups -OCH3 is 1. The van der Waals surface area contributed by atoms with Gasteiger partial charge in [0.05, 0.1) is 24.5 Å². The third-order valence-electron chi connectivity index (χ3n) is 3.43. The van der Waals surface area contributed by atoms with Crippen LogP contribution < -0.4 is 10.2 Å². The molecule has 0 saturated carbocycles. The first-order chi connectivity index (χ1) is 10.7. The number of nitrogens with one attached hydrogen (secondary N) is 1. The Morgan fingerprint density at radius 2 is 2.09 bits per heavy atom. The van der Waals surface area contributed by atoms with Crippen LogP contribution in [0.3, 0.4) is 0 Å². The molecule has 1 unspecified atom stereocenters. The Kier molecular flexibility index (Phi) is 5.03. The molecule has 1 aromatic rings. The molecule has 0 spiro atoms.